The lowest BCUT2D eigenvalue weighted by Crippen LogP contribution is -2.29. The van der Waals surface area contributed by atoms with Crippen molar-refractivity contribution in [1.82, 2.24) is 9.88 Å². The van der Waals surface area contributed by atoms with Gasteiger partial charge < -0.3 is 10.1 Å². The summed E-state index contributed by atoms with van der Waals surface area (Å²) in [6, 6.07) is 35.7. The van der Waals surface area contributed by atoms with Crippen LogP contribution in [0.4, 0.5) is 5.00 Å². The normalized spacial score (nSPS) is 13.2. The van der Waals surface area contributed by atoms with E-state index in [0.717, 1.165) is 57.6 Å². The van der Waals surface area contributed by atoms with Crippen molar-refractivity contribution in [1.29, 1.82) is 0 Å². The monoisotopic (exact) mass is 573 g/mol. The van der Waals surface area contributed by atoms with E-state index in [1.165, 1.54) is 16.0 Å². The molecule has 0 unspecified atom stereocenters. The number of nitrogens with one attached hydrogen (secondary N) is 1. The Hall–Kier alpha value is -4.30. The van der Waals surface area contributed by atoms with Gasteiger partial charge in [0, 0.05) is 35.6 Å². The number of ether oxygens (including phenoxy) is 1. The molecule has 1 aliphatic heterocycles. The molecule has 0 bridgehead atoms. The molecule has 1 N–H and O–H groups in total. The Morgan fingerprint density at radius 1 is 0.854 bits per heavy atom. The fourth-order valence-electron chi connectivity index (χ4n) is 5.23. The largest absolute Gasteiger partial charge is 0.457 e. The molecule has 7 rings (SSSR count). The number of anilines is 1. The molecule has 5 nitrogen and oxygen atoms in total. The summed E-state index contributed by atoms with van der Waals surface area (Å²) in [6.07, 6.45) is 0.917. The molecule has 0 atom stereocenters. The van der Waals surface area contributed by atoms with E-state index in [0.29, 0.717) is 11.3 Å². The highest BCUT2D eigenvalue weighted by Gasteiger charge is 2.28. The number of hydrogen-bond acceptors (Lipinski definition) is 6. The average molecular weight is 574 g/mol. The Labute approximate surface area is 246 Å². The number of aromatic nitrogens is 1. The number of carbonyl (C=O) groups excluding carboxylic acids is 1. The number of para-hydroxylation sites is 2. The fourth-order valence-corrected chi connectivity index (χ4v) is 7.62. The highest BCUT2D eigenvalue weighted by atomic mass is 32.1. The number of thiazole rings is 1. The molecule has 3 heterocycles. The van der Waals surface area contributed by atoms with Gasteiger partial charge in [-0.25, -0.2) is 4.98 Å². The van der Waals surface area contributed by atoms with Crippen molar-refractivity contribution < 1.29 is 9.53 Å². The molecule has 4 aromatic carbocycles. The highest BCUT2D eigenvalue weighted by Crippen LogP contribution is 2.46. The second-order valence-electron chi connectivity index (χ2n) is 10.0. The van der Waals surface area contributed by atoms with Crippen molar-refractivity contribution in [3.05, 3.63) is 131 Å². The smallest absolute Gasteiger partial charge is 0.256 e. The number of hydrogen-bond donors (Lipinski definition) is 1. The lowest BCUT2D eigenvalue weighted by atomic mass is 10.0. The molecule has 2 aromatic heterocycles. The Bertz CT molecular complexity index is 1800. The third-order valence-corrected chi connectivity index (χ3v) is 9.38. The second-order valence-corrected chi connectivity index (χ2v) is 12.2. The van der Waals surface area contributed by atoms with Crippen LogP contribution in [0.1, 0.15) is 26.4 Å². The van der Waals surface area contributed by atoms with Gasteiger partial charge in [0.25, 0.3) is 5.91 Å². The van der Waals surface area contributed by atoms with Gasteiger partial charge in [-0.3, -0.25) is 9.69 Å². The first-order chi connectivity index (χ1) is 20.2. The van der Waals surface area contributed by atoms with Gasteiger partial charge in [-0.1, -0.05) is 66.7 Å². The van der Waals surface area contributed by atoms with Crippen molar-refractivity contribution in [2.75, 3.05) is 11.9 Å². The first kappa shape index (κ1) is 25.7. The Kier molecular flexibility index (Phi) is 7.07. The third-order valence-electron chi connectivity index (χ3n) is 7.19. The topological polar surface area (TPSA) is 54.5 Å². The van der Waals surface area contributed by atoms with Crippen molar-refractivity contribution in [3.8, 4) is 22.1 Å². The Morgan fingerprint density at radius 2 is 1.61 bits per heavy atom. The van der Waals surface area contributed by atoms with Crippen LogP contribution in [0.25, 0.3) is 20.8 Å². The Balaban J connectivity index is 1.20. The van der Waals surface area contributed by atoms with Gasteiger partial charge in [0.2, 0.25) is 0 Å². The first-order valence-electron chi connectivity index (χ1n) is 13.6. The van der Waals surface area contributed by atoms with Crippen LogP contribution in [0, 0.1) is 0 Å². The zero-order chi connectivity index (χ0) is 27.6. The number of benzene rings is 4. The summed E-state index contributed by atoms with van der Waals surface area (Å²) >= 11 is 3.36. The standard InChI is InChI=1S/C34H27N3O2S2/c38-32(24-12-9-15-26(20-24)39-25-13-5-2-6-14-25)36-34-31(33-35-28-16-7-8-17-29(28)40-33)27-18-19-37(22-30(27)41-34)21-23-10-3-1-4-11-23/h1-17,20H,18-19,21-22H2,(H,36,38). The van der Waals surface area contributed by atoms with Crippen LogP contribution in [-0.4, -0.2) is 22.3 Å². The first-order valence-corrected chi connectivity index (χ1v) is 15.2. The summed E-state index contributed by atoms with van der Waals surface area (Å²) in [4.78, 5) is 22.4. The van der Waals surface area contributed by atoms with Gasteiger partial charge in [-0.15, -0.1) is 22.7 Å². The predicted octanol–water partition coefficient (Wildman–Crippen LogP) is 8.63. The van der Waals surface area contributed by atoms with Crippen LogP contribution in [0.15, 0.2) is 109 Å². The molecular weight excluding hydrogens is 547 g/mol. The third kappa shape index (κ3) is 5.52. The SMILES string of the molecule is O=C(Nc1sc2c(c1-c1nc3ccccc3s1)CCN(Cc1ccccc1)C2)c1cccc(Oc2ccccc2)c1. The molecule has 0 spiro atoms. The zero-order valence-corrected chi connectivity index (χ0v) is 23.9. The van der Waals surface area contributed by atoms with Crippen molar-refractivity contribution >= 4 is 43.8 Å². The van der Waals surface area contributed by atoms with E-state index in [4.69, 9.17) is 9.72 Å². The van der Waals surface area contributed by atoms with Crippen molar-refractivity contribution in [2.24, 2.45) is 0 Å². The lowest BCUT2D eigenvalue weighted by Gasteiger charge is -2.27. The molecule has 0 fully saturated rings. The highest BCUT2D eigenvalue weighted by molar-refractivity contribution is 7.23. The van der Waals surface area contributed by atoms with Crippen LogP contribution in [0.3, 0.4) is 0 Å². The van der Waals surface area contributed by atoms with Crippen LogP contribution >= 0.6 is 22.7 Å². The molecule has 1 amide bonds. The summed E-state index contributed by atoms with van der Waals surface area (Å²) in [5, 5.41) is 5.07. The minimum atomic E-state index is -0.161. The Morgan fingerprint density at radius 3 is 2.44 bits per heavy atom. The van der Waals surface area contributed by atoms with Crippen LogP contribution in [0.5, 0.6) is 11.5 Å². The minimum absolute atomic E-state index is 0.161. The van der Waals surface area contributed by atoms with E-state index in [1.54, 1.807) is 28.7 Å². The summed E-state index contributed by atoms with van der Waals surface area (Å²) in [6.45, 7) is 2.72. The number of thiophene rings is 1. The van der Waals surface area contributed by atoms with Crippen LogP contribution in [-0.2, 0) is 19.5 Å². The maximum absolute atomic E-state index is 13.6. The molecule has 0 radical (unpaired) electrons. The molecular formula is C34H27N3O2S2. The van der Waals surface area contributed by atoms with E-state index in [1.807, 2.05) is 66.7 Å². The number of nitrogens with zero attached hydrogens (tertiary/aromatic N) is 2. The fraction of sp³-hybridized carbons (Fsp3) is 0.118. The van der Waals surface area contributed by atoms with E-state index >= 15 is 0 Å². The van der Waals surface area contributed by atoms with Crippen LogP contribution in [0.2, 0.25) is 0 Å². The van der Waals surface area contributed by atoms with Gasteiger partial charge in [-0.05, 0) is 60.0 Å². The van der Waals surface area contributed by atoms with Gasteiger partial charge in [0.1, 0.15) is 21.5 Å². The van der Waals surface area contributed by atoms with Crippen molar-refractivity contribution in [2.45, 2.75) is 19.5 Å². The number of fused-ring (bicyclic) bond motifs is 2. The summed E-state index contributed by atoms with van der Waals surface area (Å²) in [7, 11) is 0. The van der Waals surface area contributed by atoms with E-state index < -0.39 is 0 Å². The van der Waals surface area contributed by atoms with E-state index in [-0.39, 0.29) is 5.91 Å². The van der Waals surface area contributed by atoms with E-state index in [2.05, 4.69) is 46.6 Å². The molecule has 1 aliphatic rings. The summed E-state index contributed by atoms with van der Waals surface area (Å²) < 4.78 is 7.13. The molecule has 0 saturated heterocycles. The average Bonchev–Trinajstić information content (AvgIpc) is 3.59. The molecule has 0 saturated carbocycles. The van der Waals surface area contributed by atoms with Gasteiger partial charge in [0.05, 0.1) is 10.2 Å². The minimum Gasteiger partial charge on any atom is -0.457 e. The maximum Gasteiger partial charge on any atom is 0.256 e. The summed E-state index contributed by atoms with van der Waals surface area (Å²) in [5.74, 6) is 1.19. The molecule has 0 aliphatic carbocycles. The van der Waals surface area contributed by atoms with Crippen LogP contribution < -0.4 is 10.1 Å². The van der Waals surface area contributed by atoms with Gasteiger partial charge >= 0.3 is 0 Å². The number of amides is 1. The van der Waals surface area contributed by atoms with Crippen molar-refractivity contribution in [3.63, 3.8) is 0 Å². The second kappa shape index (κ2) is 11.3. The molecule has 202 valence electrons. The molecule has 6 aromatic rings. The maximum atomic E-state index is 13.6. The number of rotatable bonds is 7. The summed E-state index contributed by atoms with van der Waals surface area (Å²) in [5.41, 5.74) is 5.21. The number of carbonyl (C=O) groups is 1. The molecule has 7 heteroatoms. The lowest BCUT2D eigenvalue weighted by molar-refractivity contribution is 0.102. The zero-order valence-electron chi connectivity index (χ0n) is 22.2. The van der Waals surface area contributed by atoms with Gasteiger partial charge in [0.15, 0.2) is 0 Å². The molecule has 41 heavy (non-hydrogen) atoms. The van der Waals surface area contributed by atoms with Gasteiger partial charge in [-0.2, -0.15) is 0 Å². The van der Waals surface area contributed by atoms with E-state index in [9.17, 15) is 4.79 Å². The predicted molar refractivity (Wildman–Crippen MR) is 168 cm³/mol. The quantitative estimate of drug-likeness (QED) is 0.208.